The molecule has 2 heterocycles. The standard InChI is InChI=1S/C17H21ClN6O2.ClH/c1-10-15(22-23-24(10)12-5-7-20-8-6-12)17(26)21-14-4-3-11(18)9-13(14)16(25)19-2;/h3-4,9,12,20H,5-8H2,1-2H3,(H,19,25)(H,21,26);1H. The van der Waals surface area contributed by atoms with Gasteiger partial charge in [0.05, 0.1) is 23.0 Å². The van der Waals surface area contributed by atoms with Crippen molar-refractivity contribution < 1.29 is 9.59 Å². The van der Waals surface area contributed by atoms with E-state index in [1.165, 1.54) is 13.1 Å². The molecule has 0 bridgehead atoms. The molecule has 1 aromatic heterocycles. The fraction of sp³-hybridized carbons (Fsp3) is 0.412. The Morgan fingerprint density at radius 1 is 1.26 bits per heavy atom. The number of carbonyl (C=O) groups is 2. The van der Waals surface area contributed by atoms with Gasteiger partial charge in [0.1, 0.15) is 0 Å². The van der Waals surface area contributed by atoms with Gasteiger partial charge in [0.2, 0.25) is 0 Å². The quantitative estimate of drug-likeness (QED) is 0.714. The highest BCUT2D eigenvalue weighted by molar-refractivity contribution is 6.31. The molecule has 0 radical (unpaired) electrons. The zero-order chi connectivity index (χ0) is 18.7. The van der Waals surface area contributed by atoms with Crippen molar-refractivity contribution in [1.82, 2.24) is 25.6 Å². The number of amides is 2. The maximum absolute atomic E-state index is 12.7. The van der Waals surface area contributed by atoms with Gasteiger partial charge >= 0.3 is 0 Å². The summed E-state index contributed by atoms with van der Waals surface area (Å²) in [7, 11) is 1.52. The molecule has 8 nitrogen and oxygen atoms in total. The van der Waals surface area contributed by atoms with Gasteiger partial charge in [-0.1, -0.05) is 16.8 Å². The summed E-state index contributed by atoms with van der Waals surface area (Å²) in [5.74, 6) is -0.743. The lowest BCUT2D eigenvalue weighted by molar-refractivity contribution is 0.0964. The molecule has 3 N–H and O–H groups in total. The van der Waals surface area contributed by atoms with E-state index >= 15 is 0 Å². The number of carbonyl (C=O) groups excluding carboxylic acids is 2. The summed E-state index contributed by atoms with van der Waals surface area (Å²) in [5.41, 5.74) is 1.62. The highest BCUT2D eigenvalue weighted by atomic mass is 35.5. The average molecular weight is 413 g/mol. The molecule has 1 saturated heterocycles. The third-order valence-corrected chi connectivity index (χ3v) is 4.73. The van der Waals surface area contributed by atoms with E-state index in [0.29, 0.717) is 16.4 Å². The van der Waals surface area contributed by atoms with E-state index in [1.54, 1.807) is 12.1 Å². The molecule has 0 unspecified atom stereocenters. The molecule has 0 atom stereocenters. The molecule has 27 heavy (non-hydrogen) atoms. The minimum atomic E-state index is -0.407. The highest BCUT2D eigenvalue weighted by Gasteiger charge is 2.23. The summed E-state index contributed by atoms with van der Waals surface area (Å²) in [5, 5.41) is 17.2. The number of anilines is 1. The summed E-state index contributed by atoms with van der Waals surface area (Å²) in [6, 6.07) is 4.95. The van der Waals surface area contributed by atoms with Crippen LogP contribution in [0, 0.1) is 6.92 Å². The van der Waals surface area contributed by atoms with Crippen molar-refractivity contribution in [2.24, 2.45) is 0 Å². The molecular weight excluding hydrogens is 391 g/mol. The second-order valence-corrected chi connectivity index (χ2v) is 6.61. The molecule has 0 spiro atoms. The Hall–Kier alpha value is -2.16. The first-order chi connectivity index (χ1) is 12.5. The number of halogens is 2. The first kappa shape index (κ1) is 21.1. The van der Waals surface area contributed by atoms with Crippen LogP contribution in [0.1, 0.15) is 45.4 Å². The maximum Gasteiger partial charge on any atom is 0.278 e. The molecule has 3 rings (SSSR count). The Morgan fingerprint density at radius 3 is 2.63 bits per heavy atom. The van der Waals surface area contributed by atoms with Gasteiger partial charge in [-0.15, -0.1) is 17.5 Å². The fourth-order valence-corrected chi connectivity index (χ4v) is 3.25. The number of hydrogen-bond donors (Lipinski definition) is 3. The van der Waals surface area contributed by atoms with Crippen molar-refractivity contribution in [1.29, 1.82) is 0 Å². The third kappa shape index (κ3) is 4.58. The number of nitrogens with one attached hydrogen (secondary N) is 3. The predicted octanol–water partition coefficient (Wildman–Crippen LogP) is 2.20. The fourth-order valence-electron chi connectivity index (χ4n) is 3.08. The number of hydrogen-bond acceptors (Lipinski definition) is 5. The first-order valence-electron chi connectivity index (χ1n) is 8.46. The summed E-state index contributed by atoms with van der Waals surface area (Å²) < 4.78 is 1.82. The molecular formula is C17H22Cl2N6O2. The van der Waals surface area contributed by atoms with Crippen LogP contribution < -0.4 is 16.0 Å². The van der Waals surface area contributed by atoms with Crippen molar-refractivity contribution in [3.63, 3.8) is 0 Å². The van der Waals surface area contributed by atoms with Crippen LogP contribution in [0.15, 0.2) is 18.2 Å². The molecule has 2 aromatic rings. The van der Waals surface area contributed by atoms with Gasteiger partial charge in [0, 0.05) is 12.1 Å². The van der Waals surface area contributed by atoms with E-state index in [-0.39, 0.29) is 35.6 Å². The van der Waals surface area contributed by atoms with Gasteiger partial charge in [-0.2, -0.15) is 0 Å². The Morgan fingerprint density at radius 2 is 1.96 bits per heavy atom. The molecule has 1 aliphatic rings. The summed E-state index contributed by atoms with van der Waals surface area (Å²) >= 11 is 5.96. The van der Waals surface area contributed by atoms with Crippen molar-refractivity contribution >= 4 is 41.5 Å². The van der Waals surface area contributed by atoms with E-state index in [4.69, 9.17) is 11.6 Å². The van der Waals surface area contributed by atoms with Gasteiger partial charge in [-0.25, -0.2) is 4.68 Å². The Labute approximate surface area is 168 Å². The number of piperidine rings is 1. The topological polar surface area (TPSA) is 101 Å². The molecule has 146 valence electrons. The van der Waals surface area contributed by atoms with Gasteiger partial charge < -0.3 is 16.0 Å². The first-order valence-corrected chi connectivity index (χ1v) is 8.84. The Kier molecular flexibility index (Phi) is 7.18. The lowest BCUT2D eigenvalue weighted by Crippen LogP contribution is -2.30. The molecule has 10 heteroatoms. The van der Waals surface area contributed by atoms with Gasteiger partial charge in [0.25, 0.3) is 11.8 Å². The van der Waals surface area contributed by atoms with Crippen LogP contribution in [-0.4, -0.2) is 46.9 Å². The zero-order valence-corrected chi connectivity index (χ0v) is 16.7. The number of benzene rings is 1. The van der Waals surface area contributed by atoms with E-state index in [2.05, 4.69) is 26.3 Å². The minimum absolute atomic E-state index is 0. The Balaban J connectivity index is 0.00000261. The van der Waals surface area contributed by atoms with Crippen molar-refractivity contribution in [3.8, 4) is 0 Å². The number of rotatable bonds is 4. The highest BCUT2D eigenvalue weighted by Crippen LogP contribution is 2.23. The molecule has 2 amide bonds. The van der Waals surface area contributed by atoms with E-state index in [9.17, 15) is 9.59 Å². The van der Waals surface area contributed by atoms with E-state index in [1.807, 2.05) is 11.6 Å². The Bertz CT molecular complexity index is 833. The van der Waals surface area contributed by atoms with Gasteiger partial charge in [-0.05, 0) is 51.1 Å². The number of aromatic nitrogens is 3. The van der Waals surface area contributed by atoms with Crippen molar-refractivity contribution in [3.05, 3.63) is 40.2 Å². The third-order valence-electron chi connectivity index (χ3n) is 4.50. The summed E-state index contributed by atoms with van der Waals surface area (Å²) in [6.45, 7) is 3.68. The maximum atomic E-state index is 12.7. The molecule has 1 fully saturated rings. The van der Waals surface area contributed by atoms with E-state index < -0.39 is 5.91 Å². The second kappa shape index (κ2) is 9.16. The lowest BCUT2D eigenvalue weighted by atomic mass is 10.1. The monoisotopic (exact) mass is 412 g/mol. The average Bonchev–Trinajstić information content (AvgIpc) is 3.04. The largest absolute Gasteiger partial charge is 0.355 e. The normalized spacial score (nSPS) is 14.3. The SMILES string of the molecule is CNC(=O)c1cc(Cl)ccc1NC(=O)c1nnn(C2CCNCC2)c1C.Cl. The van der Waals surface area contributed by atoms with Crippen molar-refractivity contribution in [2.45, 2.75) is 25.8 Å². The molecule has 1 aromatic carbocycles. The van der Waals surface area contributed by atoms with Crippen molar-refractivity contribution in [2.75, 3.05) is 25.5 Å². The second-order valence-electron chi connectivity index (χ2n) is 6.17. The van der Waals surface area contributed by atoms with Crippen LogP contribution in [-0.2, 0) is 0 Å². The summed E-state index contributed by atoms with van der Waals surface area (Å²) in [4.78, 5) is 24.7. The van der Waals surface area contributed by atoms with Crippen LogP contribution in [0.4, 0.5) is 5.69 Å². The summed E-state index contributed by atoms with van der Waals surface area (Å²) in [6.07, 6.45) is 1.90. The molecule has 0 aliphatic carbocycles. The zero-order valence-electron chi connectivity index (χ0n) is 15.1. The van der Waals surface area contributed by atoms with Crippen LogP contribution in [0.5, 0.6) is 0 Å². The van der Waals surface area contributed by atoms with Crippen LogP contribution in [0.25, 0.3) is 0 Å². The van der Waals surface area contributed by atoms with E-state index in [0.717, 1.165) is 25.9 Å². The smallest absolute Gasteiger partial charge is 0.278 e. The molecule has 1 aliphatic heterocycles. The predicted molar refractivity (Wildman–Crippen MR) is 106 cm³/mol. The van der Waals surface area contributed by atoms with Gasteiger partial charge in [-0.3, -0.25) is 9.59 Å². The number of nitrogens with zero attached hydrogens (tertiary/aromatic N) is 3. The van der Waals surface area contributed by atoms with Crippen LogP contribution >= 0.6 is 24.0 Å². The van der Waals surface area contributed by atoms with Gasteiger partial charge in [0.15, 0.2) is 5.69 Å². The minimum Gasteiger partial charge on any atom is -0.355 e. The van der Waals surface area contributed by atoms with Crippen LogP contribution in [0.2, 0.25) is 5.02 Å². The lowest BCUT2D eigenvalue weighted by Gasteiger charge is -2.23. The molecule has 0 saturated carbocycles. The van der Waals surface area contributed by atoms with Crippen LogP contribution in [0.3, 0.4) is 0 Å².